The molecule has 0 spiro atoms. The zero-order valence-corrected chi connectivity index (χ0v) is 9.00. The summed E-state index contributed by atoms with van der Waals surface area (Å²) in [4.78, 5) is 4.36. The van der Waals surface area contributed by atoms with Crippen LogP contribution in [0, 0.1) is 5.41 Å². The van der Waals surface area contributed by atoms with Gasteiger partial charge in [-0.25, -0.2) is 4.99 Å². The van der Waals surface area contributed by atoms with Crippen LogP contribution >= 0.6 is 0 Å². The molecule has 5 nitrogen and oxygen atoms in total. The molecule has 78 valence electrons. The van der Waals surface area contributed by atoms with Gasteiger partial charge in [0.15, 0.2) is 0 Å². The molecule has 2 heterocycles. The highest BCUT2D eigenvalue weighted by Gasteiger charge is 2.19. The Bertz CT molecular complexity index is 474. The predicted octanol–water partition coefficient (Wildman–Crippen LogP) is 1.04. The molecule has 0 amide bonds. The van der Waals surface area contributed by atoms with E-state index in [0.717, 1.165) is 11.1 Å². The van der Waals surface area contributed by atoms with Crippen LogP contribution in [0.1, 0.15) is 19.4 Å². The summed E-state index contributed by atoms with van der Waals surface area (Å²) < 4.78 is 1.71. The molecule has 0 unspecified atom stereocenters. The van der Waals surface area contributed by atoms with Crippen LogP contribution in [0.15, 0.2) is 28.7 Å². The third-order valence-corrected chi connectivity index (χ3v) is 2.16. The first-order valence-corrected chi connectivity index (χ1v) is 4.69. The lowest BCUT2D eigenvalue weighted by atomic mass is 10.2. The molecule has 1 aliphatic heterocycles. The summed E-state index contributed by atoms with van der Waals surface area (Å²) in [7, 11) is 1.85. The van der Waals surface area contributed by atoms with E-state index in [1.807, 2.05) is 27.1 Å². The van der Waals surface area contributed by atoms with Gasteiger partial charge in [-0.2, -0.15) is 5.10 Å². The molecule has 2 rings (SSSR count). The molecular weight excluding hydrogens is 190 g/mol. The van der Waals surface area contributed by atoms with Gasteiger partial charge in [0.1, 0.15) is 17.4 Å². The predicted molar refractivity (Wildman–Crippen MR) is 59.0 cm³/mol. The van der Waals surface area contributed by atoms with E-state index in [2.05, 4.69) is 15.4 Å². The Hall–Kier alpha value is -1.91. The second-order valence-corrected chi connectivity index (χ2v) is 3.71. The fraction of sp³-hybridized carbons (Fsp3) is 0.300. The van der Waals surface area contributed by atoms with Crippen molar-refractivity contribution in [1.82, 2.24) is 15.1 Å². The molecule has 1 aromatic heterocycles. The minimum atomic E-state index is 0.355. The molecule has 0 atom stereocenters. The van der Waals surface area contributed by atoms with Crippen molar-refractivity contribution in [1.29, 1.82) is 5.41 Å². The van der Waals surface area contributed by atoms with Crippen LogP contribution in [0.25, 0.3) is 0 Å². The first kappa shape index (κ1) is 9.64. The molecule has 0 radical (unpaired) electrons. The summed E-state index contributed by atoms with van der Waals surface area (Å²) in [5.74, 6) is 1.05. The molecule has 1 aromatic rings. The smallest absolute Gasteiger partial charge is 0.150 e. The SMILES string of the molecule is CC(C)=C1N=C(c2cnn(C)c2)NC1=N. The van der Waals surface area contributed by atoms with Crippen molar-refractivity contribution in [3.05, 3.63) is 29.2 Å². The number of aryl methyl sites for hydroxylation is 1. The molecule has 2 N–H and O–H groups in total. The number of aliphatic imine (C=N–C) groups is 1. The van der Waals surface area contributed by atoms with Crippen molar-refractivity contribution < 1.29 is 0 Å². The van der Waals surface area contributed by atoms with E-state index in [1.54, 1.807) is 10.9 Å². The second kappa shape index (κ2) is 3.34. The molecule has 0 bridgehead atoms. The number of nitrogens with one attached hydrogen (secondary N) is 2. The normalized spacial score (nSPS) is 15.3. The lowest BCUT2D eigenvalue weighted by molar-refractivity contribution is 0.767. The van der Waals surface area contributed by atoms with E-state index in [4.69, 9.17) is 5.41 Å². The van der Waals surface area contributed by atoms with Gasteiger partial charge in [-0.15, -0.1) is 0 Å². The van der Waals surface area contributed by atoms with Crippen LogP contribution in [0.3, 0.4) is 0 Å². The minimum absolute atomic E-state index is 0.355. The minimum Gasteiger partial charge on any atom is -0.323 e. The van der Waals surface area contributed by atoms with Crippen molar-refractivity contribution in [3.8, 4) is 0 Å². The first-order valence-electron chi connectivity index (χ1n) is 4.69. The lowest BCUT2D eigenvalue weighted by Crippen LogP contribution is -2.24. The zero-order valence-electron chi connectivity index (χ0n) is 9.00. The van der Waals surface area contributed by atoms with Gasteiger partial charge in [0, 0.05) is 13.2 Å². The number of amidine groups is 2. The lowest BCUT2D eigenvalue weighted by Gasteiger charge is -1.96. The first-order chi connectivity index (χ1) is 7.08. The molecular formula is C10H13N5. The van der Waals surface area contributed by atoms with Gasteiger partial charge in [-0.1, -0.05) is 0 Å². The third-order valence-electron chi connectivity index (χ3n) is 2.16. The van der Waals surface area contributed by atoms with Gasteiger partial charge in [-0.3, -0.25) is 10.1 Å². The molecule has 5 heteroatoms. The Balaban J connectivity index is 2.39. The van der Waals surface area contributed by atoms with Crippen LogP contribution in [-0.4, -0.2) is 21.5 Å². The van der Waals surface area contributed by atoms with Gasteiger partial charge >= 0.3 is 0 Å². The van der Waals surface area contributed by atoms with Crippen LogP contribution in [0.5, 0.6) is 0 Å². The quantitative estimate of drug-likeness (QED) is 0.716. The maximum Gasteiger partial charge on any atom is 0.150 e. The Morgan fingerprint density at radius 3 is 2.67 bits per heavy atom. The number of aromatic nitrogens is 2. The van der Waals surface area contributed by atoms with E-state index in [-0.39, 0.29) is 0 Å². The number of nitrogens with zero attached hydrogens (tertiary/aromatic N) is 3. The molecule has 1 aliphatic rings. The Labute approximate surface area is 88.0 Å². The maximum atomic E-state index is 7.71. The average Bonchev–Trinajstić information content (AvgIpc) is 2.71. The zero-order chi connectivity index (χ0) is 11.0. The van der Waals surface area contributed by atoms with E-state index >= 15 is 0 Å². The Morgan fingerprint density at radius 2 is 2.20 bits per heavy atom. The maximum absolute atomic E-state index is 7.71. The summed E-state index contributed by atoms with van der Waals surface area (Å²) in [6.45, 7) is 3.89. The molecule has 0 fully saturated rings. The largest absolute Gasteiger partial charge is 0.323 e. The summed E-state index contributed by atoms with van der Waals surface area (Å²) in [6, 6.07) is 0. The molecule has 0 saturated heterocycles. The van der Waals surface area contributed by atoms with Crippen LogP contribution in [-0.2, 0) is 7.05 Å². The van der Waals surface area contributed by atoms with Crippen molar-refractivity contribution in [2.45, 2.75) is 13.8 Å². The number of hydrogen-bond donors (Lipinski definition) is 2. The molecule has 0 aliphatic carbocycles. The van der Waals surface area contributed by atoms with Crippen LogP contribution in [0.2, 0.25) is 0 Å². The number of hydrogen-bond acceptors (Lipinski definition) is 3. The highest BCUT2D eigenvalue weighted by molar-refractivity contribution is 6.19. The molecule has 0 aromatic carbocycles. The molecule has 0 saturated carbocycles. The summed E-state index contributed by atoms with van der Waals surface area (Å²) in [5.41, 5.74) is 2.65. The van der Waals surface area contributed by atoms with Gasteiger partial charge in [-0.05, 0) is 19.4 Å². The van der Waals surface area contributed by atoms with Crippen molar-refractivity contribution >= 4 is 11.7 Å². The fourth-order valence-corrected chi connectivity index (χ4v) is 1.42. The highest BCUT2D eigenvalue weighted by atomic mass is 15.2. The summed E-state index contributed by atoms with van der Waals surface area (Å²) in [6.07, 6.45) is 3.60. The average molecular weight is 203 g/mol. The highest BCUT2D eigenvalue weighted by Crippen LogP contribution is 2.13. The van der Waals surface area contributed by atoms with Crippen LogP contribution < -0.4 is 5.32 Å². The topological polar surface area (TPSA) is 66.1 Å². The van der Waals surface area contributed by atoms with E-state index in [0.29, 0.717) is 17.4 Å². The van der Waals surface area contributed by atoms with E-state index < -0.39 is 0 Å². The Kier molecular flexibility index (Phi) is 2.15. The number of rotatable bonds is 1. The summed E-state index contributed by atoms with van der Waals surface area (Å²) >= 11 is 0. The number of allylic oxidation sites excluding steroid dienone is 1. The standard InChI is InChI=1S/C10H13N5/c1-6(2)8-9(11)14-10(13-8)7-4-12-15(3)5-7/h4-5H,1-3H3,(H2,11,13,14). The summed E-state index contributed by atoms with van der Waals surface area (Å²) in [5, 5.41) is 14.7. The van der Waals surface area contributed by atoms with Crippen molar-refractivity contribution in [3.63, 3.8) is 0 Å². The second-order valence-electron chi connectivity index (χ2n) is 3.71. The van der Waals surface area contributed by atoms with Gasteiger partial charge < -0.3 is 5.32 Å². The van der Waals surface area contributed by atoms with E-state index in [1.165, 1.54) is 0 Å². The van der Waals surface area contributed by atoms with E-state index in [9.17, 15) is 0 Å². The van der Waals surface area contributed by atoms with Gasteiger partial charge in [0.05, 0.1) is 11.8 Å². The van der Waals surface area contributed by atoms with Gasteiger partial charge in [0.25, 0.3) is 0 Å². The third kappa shape index (κ3) is 1.68. The van der Waals surface area contributed by atoms with Crippen LogP contribution in [0.4, 0.5) is 0 Å². The monoisotopic (exact) mass is 203 g/mol. The molecule has 15 heavy (non-hydrogen) atoms. The van der Waals surface area contributed by atoms with Crippen molar-refractivity contribution in [2.75, 3.05) is 0 Å². The fourth-order valence-electron chi connectivity index (χ4n) is 1.42. The van der Waals surface area contributed by atoms with Gasteiger partial charge in [0.2, 0.25) is 0 Å². The Morgan fingerprint density at radius 1 is 1.47 bits per heavy atom. The van der Waals surface area contributed by atoms with Crippen molar-refractivity contribution in [2.24, 2.45) is 12.0 Å².